The van der Waals surface area contributed by atoms with Crippen LogP contribution in [0.25, 0.3) is 10.9 Å². The standard InChI is InChI=1S/C19H13N3O2/c20-10-13(9-12-11-21-17-8-4-3-5-14(12)17)22-18(23)15-6-1-2-7-16(15)19(22)24/h1-8,11,13,21H,9H2/t13-/m0/s1. The van der Waals surface area contributed by atoms with Gasteiger partial charge in [0.1, 0.15) is 6.04 Å². The van der Waals surface area contributed by atoms with Gasteiger partial charge >= 0.3 is 0 Å². The molecule has 1 atom stereocenters. The number of nitriles is 1. The Hall–Kier alpha value is -3.39. The molecule has 0 saturated carbocycles. The minimum atomic E-state index is -0.836. The molecule has 1 aromatic heterocycles. The summed E-state index contributed by atoms with van der Waals surface area (Å²) in [4.78, 5) is 29.3. The number of fused-ring (bicyclic) bond motifs is 2. The number of para-hydroxylation sites is 1. The van der Waals surface area contributed by atoms with Crippen LogP contribution in [0.2, 0.25) is 0 Å². The Morgan fingerprint density at radius 1 is 1.00 bits per heavy atom. The summed E-state index contributed by atoms with van der Waals surface area (Å²) in [5.74, 6) is -0.802. The van der Waals surface area contributed by atoms with Crippen molar-refractivity contribution in [2.24, 2.45) is 0 Å². The highest BCUT2D eigenvalue weighted by molar-refractivity contribution is 6.21. The minimum Gasteiger partial charge on any atom is -0.361 e. The number of hydrogen-bond acceptors (Lipinski definition) is 3. The zero-order valence-electron chi connectivity index (χ0n) is 12.7. The summed E-state index contributed by atoms with van der Waals surface area (Å²) < 4.78 is 0. The van der Waals surface area contributed by atoms with Crippen LogP contribution in [0.15, 0.2) is 54.7 Å². The third-order valence-corrected chi connectivity index (χ3v) is 4.37. The van der Waals surface area contributed by atoms with Crippen LogP contribution in [-0.4, -0.2) is 27.7 Å². The van der Waals surface area contributed by atoms with E-state index in [1.807, 2.05) is 30.5 Å². The quantitative estimate of drug-likeness (QED) is 0.755. The lowest BCUT2D eigenvalue weighted by atomic mass is 10.0. The van der Waals surface area contributed by atoms with Crippen molar-refractivity contribution in [2.45, 2.75) is 12.5 Å². The molecule has 1 aliphatic heterocycles. The monoisotopic (exact) mass is 315 g/mol. The van der Waals surface area contributed by atoms with Gasteiger partial charge in [0.05, 0.1) is 17.2 Å². The Balaban J connectivity index is 1.69. The molecule has 0 radical (unpaired) electrons. The first kappa shape index (κ1) is 14.2. The maximum Gasteiger partial charge on any atom is 0.262 e. The van der Waals surface area contributed by atoms with E-state index >= 15 is 0 Å². The molecule has 1 aliphatic rings. The fraction of sp³-hybridized carbons (Fsp3) is 0.105. The van der Waals surface area contributed by atoms with E-state index in [2.05, 4.69) is 11.1 Å². The van der Waals surface area contributed by atoms with Crippen LogP contribution in [0.4, 0.5) is 0 Å². The zero-order chi connectivity index (χ0) is 16.7. The van der Waals surface area contributed by atoms with E-state index in [9.17, 15) is 14.9 Å². The van der Waals surface area contributed by atoms with Gasteiger partial charge in [-0.05, 0) is 23.8 Å². The van der Waals surface area contributed by atoms with Gasteiger partial charge in [-0.15, -0.1) is 0 Å². The molecule has 2 aromatic carbocycles. The van der Waals surface area contributed by atoms with E-state index in [1.54, 1.807) is 24.3 Å². The van der Waals surface area contributed by atoms with Gasteiger partial charge in [-0.2, -0.15) is 5.26 Å². The molecule has 5 heteroatoms. The molecule has 3 aromatic rings. The van der Waals surface area contributed by atoms with Crippen molar-refractivity contribution in [2.75, 3.05) is 0 Å². The van der Waals surface area contributed by atoms with Crippen LogP contribution >= 0.6 is 0 Å². The molecule has 2 amide bonds. The molecule has 0 saturated heterocycles. The van der Waals surface area contributed by atoms with Gasteiger partial charge in [0.25, 0.3) is 11.8 Å². The number of aromatic amines is 1. The summed E-state index contributed by atoms with van der Waals surface area (Å²) >= 11 is 0. The van der Waals surface area contributed by atoms with E-state index in [-0.39, 0.29) is 0 Å². The molecular weight excluding hydrogens is 302 g/mol. The van der Waals surface area contributed by atoms with Crippen molar-refractivity contribution in [1.82, 2.24) is 9.88 Å². The number of amides is 2. The molecule has 116 valence electrons. The average molecular weight is 315 g/mol. The van der Waals surface area contributed by atoms with Crippen LogP contribution in [-0.2, 0) is 6.42 Å². The number of nitrogens with zero attached hydrogens (tertiary/aromatic N) is 2. The molecule has 0 bridgehead atoms. The lowest BCUT2D eigenvalue weighted by Gasteiger charge is -2.19. The highest BCUT2D eigenvalue weighted by Gasteiger charge is 2.40. The lowest BCUT2D eigenvalue weighted by Crippen LogP contribution is -2.40. The number of aromatic nitrogens is 1. The highest BCUT2D eigenvalue weighted by Crippen LogP contribution is 2.27. The van der Waals surface area contributed by atoms with Crippen molar-refractivity contribution in [3.8, 4) is 6.07 Å². The maximum atomic E-state index is 12.5. The smallest absolute Gasteiger partial charge is 0.262 e. The zero-order valence-corrected chi connectivity index (χ0v) is 12.7. The van der Waals surface area contributed by atoms with E-state index < -0.39 is 17.9 Å². The Morgan fingerprint density at radius 2 is 1.62 bits per heavy atom. The van der Waals surface area contributed by atoms with Gasteiger partial charge in [0.15, 0.2) is 0 Å². The summed E-state index contributed by atoms with van der Waals surface area (Å²) in [7, 11) is 0. The first-order valence-corrected chi connectivity index (χ1v) is 7.62. The van der Waals surface area contributed by atoms with Crippen LogP contribution < -0.4 is 0 Å². The van der Waals surface area contributed by atoms with Crippen LogP contribution in [0.5, 0.6) is 0 Å². The third kappa shape index (κ3) is 2.01. The predicted octanol–water partition coefficient (Wildman–Crippen LogP) is 2.90. The lowest BCUT2D eigenvalue weighted by molar-refractivity contribution is 0.0619. The predicted molar refractivity (Wildman–Crippen MR) is 88.3 cm³/mol. The summed E-state index contributed by atoms with van der Waals surface area (Å²) in [5, 5.41) is 10.6. The molecular formula is C19H13N3O2. The summed E-state index contributed by atoms with van der Waals surface area (Å²) in [6.45, 7) is 0. The molecule has 0 unspecified atom stereocenters. The molecule has 2 heterocycles. The van der Waals surface area contributed by atoms with Crippen molar-refractivity contribution in [1.29, 1.82) is 5.26 Å². The SMILES string of the molecule is N#C[C@H](Cc1c[nH]c2ccccc12)N1C(=O)c2ccccc2C1=O. The minimum absolute atomic E-state index is 0.298. The molecule has 0 fully saturated rings. The average Bonchev–Trinajstić information content (AvgIpc) is 3.14. The Morgan fingerprint density at radius 3 is 2.29 bits per heavy atom. The largest absolute Gasteiger partial charge is 0.361 e. The van der Waals surface area contributed by atoms with Crippen LogP contribution in [0, 0.1) is 11.3 Å². The number of benzene rings is 2. The Kier molecular flexibility index (Phi) is 3.17. The van der Waals surface area contributed by atoms with E-state index in [1.165, 1.54) is 0 Å². The van der Waals surface area contributed by atoms with Crippen molar-refractivity contribution in [3.05, 3.63) is 71.4 Å². The summed E-state index contributed by atoms with van der Waals surface area (Å²) in [6, 6.07) is 15.7. The van der Waals surface area contributed by atoms with Crippen molar-refractivity contribution < 1.29 is 9.59 Å². The second-order valence-electron chi connectivity index (χ2n) is 5.73. The van der Waals surface area contributed by atoms with Crippen LogP contribution in [0.1, 0.15) is 26.3 Å². The molecule has 0 spiro atoms. The number of carbonyl (C=O) groups is 2. The first-order valence-electron chi connectivity index (χ1n) is 7.62. The molecule has 0 aliphatic carbocycles. The number of hydrogen-bond donors (Lipinski definition) is 1. The molecule has 24 heavy (non-hydrogen) atoms. The number of nitrogens with one attached hydrogen (secondary N) is 1. The second-order valence-corrected chi connectivity index (χ2v) is 5.73. The second kappa shape index (κ2) is 5.36. The van der Waals surface area contributed by atoms with Gasteiger partial charge in [0.2, 0.25) is 0 Å². The van der Waals surface area contributed by atoms with Crippen LogP contribution in [0.3, 0.4) is 0 Å². The summed E-state index contributed by atoms with van der Waals surface area (Å²) in [6.07, 6.45) is 2.12. The van der Waals surface area contributed by atoms with E-state index in [0.717, 1.165) is 21.4 Å². The van der Waals surface area contributed by atoms with Gasteiger partial charge in [-0.3, -0.25) is 14.5 Å². The van der Waals surface area contributed by atoms with Gasteiger partial charge in [-0.1, -0.05) is 30.3 Å². The molecule has 1 N–H and O–H groups in total. The summed E-state index contributed by atoms with van der Waals surface area (Å²) in [5.41, 5.74) is 2.60. The molecule has 5 nitrogen and oxygen atoms in total. The highest BCUT2D eigenvalue weighted by atomic mass is 16.2. The number of rotatable bonds is 3. The Labute approximate surface area is 138 Å². The first-order chi connectivity index (χ1) is 11.7. The van der Waals surface area contributed by atoms with Gasteiger partial charge in [-0.25, -0.2) is 0 Å². The number of carbonyl (C=O) groups excluding carboxylic acids is 2. The van der Waals surface area contributed by atoms with Gasteiger partial charge < -0.3 is 4.98 Å². The Bertz CT molecular complexity index is 978. The normalized spacial score (nSPS) is 14.7. The number of imide groups is 1. The van der Waals surface area contributed by atoms with Crippen molar-refractivity contribution >= 4 is 22.7 Å². The van der Waals surface area contributed by atoms with E-state index in [0.29, 0.717) is 17.5 Å². The van der Waals surface area contributed by atoms with Crippen molar-refractivity contribution in [3.63, 3.8) is 0 Å². The molecule has 4 rings (SSSR count). The maximum absolute atomic E-state index is 12.5. The fourth-order valence-corrected chi connectivity index (χ4v) is 3.19. The van der Waals surface area contributed by atoms with Gasteiger partial charge in [0, 0.05) is 23.5 Å². The number of H-pyrrole nitrogens is 1. The van der Waals surface area contributed by atoms with E-state index in [4.69, 9.17) is 0 Å². The third-order valence-electron chi connectivity index (χ3n) is 4.37. The topological polar surface area (TPSA) is 77.0 Å². The fourth-order valence-electron chi connectivity index (χ4n) is 3.19.